The van der Waals surface area contributed by atoms with Gasteiger partial charge in [0, 0.05) is 0 Å². The van der Waals surface area contributed by atoms with Crippen LogP contribution < -0.4 is 0 Å². The Bertz CT molecular complexity index is 172. The average molecular weight is 195 g/mol. The van der Waals surface area contributed by atoms with Crippen molar-refractivity contribution in [3.05, 3.63) is 50.2 Å². The van der Waals surface area contributed by atoms with Crippen LogP contribution in [0.1, 0.15) is 18.4 Å². The smallest absolute Gasteiger partial charge is 0.358 e. The summed E-state index contributed by atoms with van der Waals surface area (Å²) < 4.78 is 0. The van der Waals surface area contributed by atoms with Crippen LogP contribution in [0.5, 0.6) is 0 Å². The van der Waals surface area contributed by atoms with Crippen molar-refractivity contribution in [3.63, 3.8) is 0 Å². The Morgan fingerprint density at radius 3 is 1.83 bits per heavy atom. The summed E-state index contributed by atoms with van der Waals surface area (Å²) in [6, 6.07) is 10.3. The number of benzene rings is 1. The minimum absolute atomic E-state index is 0. The third-order valence-electron chi connectivity index (χ3n) is 1.37. The molecule has 1 aromatic carbocycles. The molecule has 0 amide bonds. The summed E-state index contributed by atoms with van der Waals surface area (Å²) in [5.41, 5.74) is 1.30. The van der Waals surface area contributed by atoms with E-state index < -0.39 is 0 Å². The molecule has 0 aliphatic rings. The van der Waals surface area contributed by atoms with Crippen LogP contribution in [0.25, 0.3) is 0 Å². The minimum Gasteiger partial charge on any atom is -0.358 e. The number of rotatable bonds is 1. The van der Waals surface area contributed by atoms with Crippen LogP contribution in [0.4, 0.5) is 0 Å². The van der Waals surface area contributed by atoms with Gasteiger partial charge >= 0.3 is 23.1 Å². The molecule has 0 saturated heterocycles. The Kier molecular flexibility index (Phi) is 14.2. The standard InChI is InChI=1S/C9H11.CH3.ClH.Mg/c1-8(2)9-6-4-3-5-7-9;;;/h3-8H,1H2,2H3;1H3;1H;/q2*-1;;+2. The topological polar surface area (TPSA) is 0 Å². The predicted molar refractivity (Wildman–Crippen MR) is 59.6 cm³/mol. The third-order valence-corrected chi connectivity index (χ3v) is 1.37. The largest absolute Gasteiger partial charge is 2.00 e. The van der Waals surface area contributed by atoms with Gasteiger partial charge in [-0.25, -0.2) is 0 Å². The first kappa shape index (κ1) is 18.1. The molecule has 0 N–H and O–H groups in total. The zero-order valence-electron chi connectivity index (χ0n) is 7.79. The molecule has 0 saturated carbocycles. The molecule has 0 bridgehead atoms. The summed E-state index contributed by atoms with van der Waals surface area (Å²) in [5.74, 6) is 0.409. The zero-order chi connectivity index (χ0) is 6.69. The zero-order valence-corrected chi connectivity index (χ0v) is 10.0. The quantitative estimate of drug-likeness (QED) is 0.477. The molecule has 0 heterocycles. The maximum Gasteiger partial charge on any atom is 2.00 e. The SMILES string of the molecule is Cl.[CH2-]C(C)c1ccccc1.[CH3-].[Mg+2]. The van der Waals surface area contributed by atoms with E-state index in [0.717, 1.165) is 0 Å². The summed E-state index contributed by atoms with van der Waals surface area (Å²) >= 11 is 0. The molecule has 0 aromatic heterocycles. The van der Waals surface area contributed by atoms with Gasteiger partial charge in [-0.05, 0) is 0 Å². The Hall–Kier alpha value is 0.276. The van der Waals surface area contributed by atoms with Crippen LogP contribution in [0.3, 0.4) is 0 Å². The molecule has 0 aliphatic carbocycles. The van der Waals surface area contributed by atoms with Gasteiger partial charge in [0.05, 0.1) is 0 Å². The van der Waals surface area contributed by atoms with Crippen LogP contribution in [-0.2, 0) is 0 Å². The number of hydrogen-bond donors (Lipinski definition) is 0. The summed E-state index contributed by atoms with van der Waals surface area (Å²) in [4.78, 5) is 0. The van der Waals surface area contributed by atoms with Crippen LogP contribution >= 0.6 is 12.4 Å². The first-order chi connectivity index (χ1) is 4.30. The van der Waals surface area contributed by atoms with Gasteiger partial charge in [0.25, 0.3) is 0 Å². The molecule has 12 heavy (non-hydrogen) atoms. The van der Waals surface area contributed by atoms with E-state index >= 15 is 0 Å². The Morgan fingerprint density at radius 1 is 1.17 bits per heavy atom. The minimum atomic E-state index is 0. The molecule has 0 radical (unpaired) electrons. The van der Waals surface area contributed by atoms with Gasteiger partial charge in [-0.1, -0.05) is 42.8 Å². The monoisotopic (exact) mass is 194 g/mol. The van der Waals surface area contributed by atoms with E-state index in [9.17, 15) is 0 Å². The average Bonchev–Trinajstić information content (AvgIpc) is 1.90. The van der Waals surface area contributed by atoms with E-state index in [4.69, 9.17) is 0 Å². The van der Waals surface area contributed by atoms with E-state index in [1.54, 1.807) is 0 Å². The van der Waals surface area contributed by atoms with Crippen molar-refractivity contribution in [1.82, 2.24) is 0 Å². The molecule has 0 fully saturated rings. The second kappa shape index (κ2) is 9.36. The van der Waals surface area contributed by atoms with Gasteiger partial charge in [-0.15, -0.1) is 18.3 Å². The first-order valence-corrected chi connectivity index (χ1v) is 3.18. The molecule has 1 aromatic rings. The number of halogens is 1. The van der Waals surface area contributed by atoms with Crippen molar-refractivity contribution in [2.24, 2.45) is 0 Å². The van der Waals surface area contributed by atoms with Gasteiger partial charge in [-0.3, -0.25) is 0 Å². The fraction of sp³-hybridized carbons (Fsp3) is 0.200. The van der Waals surface area contributed by atoms with E-state index in [1.165, 1.54) is 5.56 Å². The van der Waals surface area contributed by atoms with E-state index in [2.05, 4.69) is 26.0 Å². The molecule has 2 heteroatoms. The van der Waals surface area contributed by atoms with Crippen LogP contribution in [0.2, 0.25) is 0 Å². The maximum absolute atomic E-state index is 3.91. The normalized spacial score (nSPS) is 9.83. The van der Waals surface area contributed by atoms with Gasteiger partial charge < -0.3 is 14.4 Å². The van der Waals surface area contributed by atoms with Crippen molar-refractivity contribution < 1.29 is 0 Å². The summed E-state index contributed by atoms with van der Waals surface area (Å²) in [6.07, 6.45) is 0. The third kappa shape index (κ3) is 5.87. The van der Waals surface area contributed by atoms with Crippen molar-refractivity contribution in [1.29, 1.82) is 0 Å². The molecule has 0 spiro atoms. The van der Waals surface area contributed by atoms with E-state index in [1.807, 2.05) is 18.2 Å². The Labute approximate surface area is 98.3 Å². The van der Waals surface area contributed by atoms with Crippen LogP contribution in [-0.4, -0.2) is 23.1 Å². The predicted octanol–water partition coefficient (Wildman–Crippen LogP) is 3.12. The van der Waals surface area contributed by atoms with Gasteiger partial charge in [0.1, 0.15) is 0 Å². The fourth-order valence-corrected chi connectivity index (χ4v) is 0.782. The van der Waals surface area contributed by atoms with Gasteiger partial charge in [0.2, 0.25) is 0 Å². The van der Waals surface area contributed by atoms with Crippen LogP contribution in [0, 0.1) is 14.4 Å². The summed E-state index contributed by atoms with van der Waals surface area (Å²) in [7, 11) is 0. The molecular formula is C10H15ClMg. The van der Waals surface area contributed by atoms with Crippen LogP contribution in [0.15, 0.2) is 30.3 Å². The van der Waals surface area contributed by atoms with Gasteiger partial charge in [0.15, 0.2) is 0 Å². The number of hydrogen-bond acceptors (Lipinski definition) is 0. The fourth-order valence-electron chi connectivity index (χ4n) is 0.782. The maximum atomic E-state index is 3.91. The molecule has 1 rings (SSSR count). The molecule has 1 unspecified atom stereocenters. The Balaban J connectivity index is -0.000000270. The first-order valence-electron chi connectivity index (χ1n) is 3.18. The van der Waals surface area contributed by atoms with E-state index in [-0.39, 0.29) is 42.9 Å². The van der Waals surface area contributed by atoms with Crippen molar-refractivity contribution >= 4 is 35.5 Å². The molecule has 0 aliphatic heterocycles. The van der Waals surface area contributed by atoms with E-state index in [0.29, 0.717) is 5.92 Å². The second-order valence-corrected chi connectivity index (χ2v) is 2.31. The molecular weight excluding hydrogens is 180 g/mol. The van der Waals surface area contributed by atoms with Crippen molar-refractivity contribution in [2.45, 2.75) is 12.8 Å². The summed E-state index contributed by atoms with van der Waals surface area (Å²) in [5, 5.41) is 0. The summed E-state index contributed by atoms with van der Waals surface area (Å²) in [6.45, 7) is 6.00. The second-order valence-electron chi connectivity index (χ2n) is 2.31. The van der Waals surface area contributed by atoms with Crippen molar-refractivity contribution in [2.75, 3.05) is 0 Å². The van der Waals surface area contributed by atoms with Gasteiger partial charge in [-0.2, -0.15) is 0 Å². The van der Waals surface area contributed by atoms with Crippen molar-refractivity contribution in [3.8, 4) is 0 Å². The molecule has 64 valence electrons. The Morgan fingerprint density at radius 2 is 1.58 bits per heavy atom. The molecule has 0 nitrogen and oxygen atoms in total. The molecule has 1 atom stereocenters.